The summed E-state index contributed by atoms with van der Waals surface area (Å²) in [6.07, 6.45) is -0.0181. The topological polar surface area (TPSA) is 175 Å². The number of amides is 4. The largest absolute Gasteiger partial charge is 0.480 e. The van der Waals surface area contributed by atoms with Crippen LogP contribution in [0, 0.1) is 24.0 Å². The van der Waals surface area contributed by atoms with Gasteiger partial charge in [-0.25, -0.2) is 14.4 Å². The lowest BCUT2D eigenvalue weighted by Crippen LogP contribution is -2.57. The van der Waals surface area contributed by atoms with E-state index in [1.54, 1.807) is 22.2 Å². The van der Waals surface area contributed by atoms with Crippen LogP contribution in [-0.4, -0.2) is 108 Å². The number of nitrogens with one attached hydrogen (secondary N) is 3. The van der Waals surface area contributed by atoms with Gasteiger partial charge in [0, 0.05) is 50.0 Å². The van der Waals surface area contributed by atoms with Crippen molar-refractivity contribution >= 4 is 51.4 Å². The first-order valence-corrected chi connectivity index (χ1v) is 22.1. The smallest absolute Gasteiger partial charge is 0.257 e. The van der Waals surface area contributed by atoms with E-state index in [4.69, 9.17) is 9.47 Å². The number of β-amino-alcohol motifs (C(OH)–C–C–N with tert-alkyl or cyclic N) is 1. The van der Waals surface area contributed by atoms with Crippen LogP contribution in [0.2, 0.25) is 0 Å². The van der Waals surface area contributed by atoms with E-state index in [-0.39, 0.29) is 43.4 Å². The first kappa shape index (κ1) is 45.5. The minimum atomic E-state index is -1.22. The van der Waals surface area contributed by atoms with E-state index in [1.807, 2.05) is 63.8 Å². The molecule has 61 heavy (non-hydrogen) atoms. The van der Waals surface area contributed by atoms with Gasteiger partial charge < -0.3 is 40.3 Å². The Balaban J connectivity index is 0.963. The molecule has 1 unspecified atom stereocenters. The van der Waals surface area contributed by atoms with Gasteiger partial charge in [-0.05, 0) is 55.4 Å². The summed E-state index contributed by atoms with van der Waals surface area (Å²) in [5.74, 6) is -4.57. The number of rotatable bonds is 16. The highest BCUT2D eigenvalue weighted by atomic mass is 32.1. The molecular weight excluding hydrogens is 829 g/mol. The SMILES string of the molecule is Cc1ncsc1-c1ccc([C@H](C)NC(=O)[C@@H]2C[C@@H](O)CN2C(=O)C(NC(=O)CCCCNC(=O)COc2c(-c3csc(N4CCOCC4)n3)ccc(F)c2F)C(C)(C)C)cc1. The summed E-state index contributed by atoms with van der Waals surface area (Å²) in [6, 6.07) is 7.92. The average Bonchev–Trinajstić information content (AvgIpc) is 4.00. The molecule has 4 N–H and O–H groups in total. The molecule has 2 aromatic heterocycles. The van der Waals surface area contributed by atoms with Crippen molar-refractivity contribution in [3.8, 4) is 27.4 Å². The number of unbranched alkanes of at least 4 members (excludes halogenated alkanes) is 1. The van der Waals surface area contributed by atoms with Gasteiger partial charge in [0.1, 0.15) is 12.1 Å². The summed E-state index contributed by atoms with van der Waals surface area (Å²) < 4.78 is 40.1. The number of aliphatic hydroxyl groups excluding tert-OH is 1. The van der Waals surface area contributed by atoms with Crippen LogP contribution in [0.3, 0.4) is 0 Å². The minimum absolute atomic E-state index is 0.0477. The number of hydrogen-bond donors (Lipinski definition) is 4. The Kier molecular flexibility index (Phi) is 15.1. The lowest BCUT2D eigenvalue weighted by molar-refractivity contribution is -0.144. The summed E-state index contributed by atoms with van der Waals surface area (Å²) >= 11 is 2.92. The van der Waals surface area contributed by atoms with Gasteiger partial charge in [0.2, 0.25) is 23.5 Å². The summed E-state index contributed by atoms with van der Waals surface area (Å²) in [7, 11) is 0. The Labute approximate surface area is 362 Å². The van der Waals surface area contributed by atoms with Gasteiger partial charge in [-0.2, -0.15) is 4.39 Å². The van der Waals surface area contributed by atoms with Gasteiger partial charge in [-0.1, -0.05) is 45.0 Å². The molecule has 14 nitrogen and oxygen atoms in total. The second-order valence-electron chi connectivity index (χ2n) is 16.3. The summed E-state index contributed by atoms with van der Waals surface area (Å²) in [6.45, 7) is 11.3. The minimum Gasteiger partial charge on any atom is -0.480 e. The monoisotopic (exact) mass is 881 g/mol. The van der Waals surface area contributed by atoms with Gasteiger partial charge in [0.05, 0.1) is 47.1 Å². The zero-order valence-electron chi connectivity index (χ0n) is 35.0. The van der Waals surface area contributed by atoms with Crippen LogP contribution in [0.15, 0.2) is 47.3 Å². The van der Waals surface area contributed by atoms with Crippen LogP contribution in [0.25, 0.3) is 21.7 Å². The van der Waals surface area contributed by atoms with Crippen molar-refractivity contribution in [1.29, 1.82) is 0 Å². The van der Waals surface area contributed by atoms with E-state index in [1.165, 1.54) is 22.3 Å². The third kappa shape index (κ3) is 11.5. The van der Waals surface area contributed by atoms with Gasteiger partial charge >= 0.3 is 0 Å². The highest BCUT2D eigenvalue weighted by molar-refractivity contribution is 7.14. The zero-order chi connectivity index (χ0) is 43.8. The normalized spacial score (nSPS) is 17.8. The average molecular weight is 882 g/mol. The number of aromatic nitrogens is 2. The molecule has 0 aliphatic carbocycles. The van der Waals surface area contributed by atoms with Crippen LogP contribution in [0.4, 0.5) is 13.9 Å². The molecule has 4 amide bonds. The highest BCUT2D eigenvalue weighted by Gasteiger charge is 2.44. The first-order chi connectivity index (χ1) is 29.1. The van der Waals surface area contributed by atoms with Crippen LogP contribution < -0.4 is 25.6 Å². The fourth-order valence-corrected chi connectivity index (χ4v) is 8.93. The second-order valence-corrected chi connectivity index (χ2v) is 18.0. The number of carbonyl (C=O) groups is 4. The van der Waals surface area contributed by atoms with Crippen LogP contribution in [-0.2, 0) is 23.9 Å². The van der Waals surface area contributed by atoms with E-state index in [0.29, 0.717) is 50.0 Å². The Bertz CT molecular complexity index is 2170. The van der Waals surface area contributed by atoms with Crippen molar-refractivity contribution in [2.75, 3.05) is 50.9 Å². The standard InChI is InChI=1S/C43H53F2N7O7S2/c1-25(27-9-11-28(12-10-27)38-26(2)47-24-61-38)48-40(56)33-20-29(53)21-52(33)41(57)39(43(3,4)5)50-34(54)8-6-7-15-46-35(55)22-59-37-30(13-14-31(44)36(37)45)32-23-60-42(49-32)51-16-18-58-19-17-51/h9-14,23-25,29,33,39,53H,6-8,15-22H2,1-5H3,(H,46,55)(H,48,56)(H,50,54)/t25-,29+,33-,39?/m0/s1. The molecule has 2 saturated heterocycles. The molecule has 0 spiro atoms. The van der Waals surface area contributed by atoms with Gasteiger partial charge in [-0.3, -0.25) is 19.2 Å². The molecular formula is C43H53F2N7O7S2. The molecule has 4 atom stereocenters. The molecule has 328 valence electrons. The lowest BCUT2D eigenvalue weighted by Gasteiger charge is -2.35. The van der Waals surface area contributed by atoms with Crippen LogP contribution in [0.1, 0.15) is 70.7 Å². The molecule has 4 heterocycles. The maximum absolute atomic E-state index is 14.9. The maximum atomic E-state index is 14.9. The van der Waals surface area contributed by atoms with E-state index in [9.17, 15) is 33.1 Å². The van der Waals surface area contributed by atoms with Crippen LogP contribution >= 0.6 is 22.7 Å². The van der Waals surface area contributed by atoms with Crippen molar-refractivity contribution in [3.63, 3.8) is 0 Å². The quantitative estimate of drug-likeness (QED) is 0.107. The number of anilines is 1. The number of hydrogen-bond acceptors (Lipinski definition) is 12. The fraction of sp³-hybridized carbons (Fsp3) is 0.488. The Morgan fingerprint density at radius 2 is 1.75 bits per heavy atom. The van der Waals surface area contributed by atoms with Gasteiger partial charge in [0.25, 0.3) is 5.91 Å². The third-order valence-electron chi connectivity index (χ3n) is 10.7. The first-order valence-electron chi connectivity index (χ1n) is 20.4. The highest BCUT2D eigenvalue weighted by Crippen LogP contribution is 2.37. The van der Waals surface area contributed by atoms with Crippen molar-refractivity contribution in [2.24, 2.45) is 5.41 Å². The number of thiazole rings is 2. The third-order valence-corrected chi connectivity index (χ3v) is 12.5. The maximum Gasteiger partial charge on any atom is 0.257 e. The fourth-order valence-electron chi connectivity index (χ4n) is 7.24. The Morgan fingerprint density at radius 1 is 1.02 bits per heavy atom. The van der Waals surface area contributed by atoms with E-state index < -0.39 is 65.3 Å². The molecule has 2 aliphatic heterocycles. The van der Waals surface area contributed by atoms with Crippen molar-refractivity contribution < 1.29 is 42.5 Å². The summed E-state index contributed by atoms with van der Waals surface area (Å²) in [5, 5.41) is 21.6. The molecule has 6 rings (SSSR count). The van der Waals surface area contributed by atoms with E-state index in [2.05, 4.69) is 25.9 Å². The summed E-state index contributed by atoms with van der Waals surface area (Å²) in [5.41, 5.74) is 4.54. The molecule has 4 aromatic rings. The molecule has 18 heteroatoms. The number of benzene rings is 2. The van der Waals surface area contributed by atoms with Crippen molar-refractivity contribution in [3.05, 3.63) is 70.2 Å². The second kappa shape index (κ2) is 20.2. The Hall–Kier alpha value is -5.04. The van der Waals surface area contributed by atoms with Gasteiger partial charge in [-0.15, -0.1) is 22.7 Å². The number of ether oxygens (including phenoxy) is 2. The van der Waals surface area contributed by atoms with Gasteiger partial charge in [0.15, 0.2) is 23.3 Å². The zero-order valence-corrected chi connectivity index (χ0v) is 36.6. The molecule has 2 aromatic carbocycles. The Morgan fingerprint density at radius 3 is 2.44 bits per heavy atom. The van der Waals surface area contributed by atoms with E-state index in [0.717, 1.165) is 27.8 Å². The van der Waals surface area contributed by atoms with Crippen molar-refractivity contribution in [2.45, 2.75) is 84.5 Å². The molecule has 2 aliphatic rings. The number of nitrogens with zero attached hydrogens (tertiary/aromatic N) is 4. The predicted molar refractivity (Wildman–Crippen MR) is 229 cm³/mol. The number of aliphatic hydroxyl groups is 1. The van der Waals surface area contributed by atoms with E-state index >= 15 is 0 Å². The van der Waals surface area contributed by atoms with Crippen LogP contribution in [0.5, 0.6) is 5.75 Å². The number of aryl methyl sites for hydroxylation is 1. The number of carbonyl (C=O) groups excluding carboxylic acids is 4. The number of likely N-dealkylation sites (tertiary alicyclic amines) is 1. The number of morpholine rings is 1. The molecule has 0 radical (unpaired) electrons. The summed E-state index contributed by atoms with van der Waals surface area (Å²) in [4.78, 5) is 66.9. The number of halogens is 2. The molecule has 0 saturated carbocycles. The predicted octanol–water partition coefficient (Wildman–Crippen LogP) is 5.39. The van der Waals surface area contributed by atoms with Crippen molar-refractivity contribution in [1.82, 2.24) is 30.8 Å². The molecule has 2 fully saturated rings. The lowest BCUT2D eigenvalue weighted by atomic mass is 9.85. The molecule has 0 bridgehead atoms.